The molecular formula is C17H15BrN4O. The van der Waals surface area contributed by atoms with E-state index in [-0.39, 0.29) is 12.3 Å². The van der Waals surface area contributed by atoms with Gasteiger partial charge in [0.1, 0.15) is 5.92 Å². The summed E-state index contributed by atoms with van der Waals surface area (Å²) in [5.74, 6) is -1.61. The van der Waals surface area contributed by atoms with Crippen LogP contribution in [0.2, 0.25) is 0 Å². The number of rotatable bonds is 4. The number of nitriles is 2. The second kappa shape index (κ2) is 7.21. The molecule has 0 saturated heterocycles. The van der Waals surface area contributed by atoms with Gasteiger partial charge in [-0.1, -0.05) is 30.3 Å². The number of benzene rings is 1. The van der Waals surface area contributed by atoms with E-state index in [0.717, 1.165) is 15.7 Å². The molecule has 6 heteroatoms. The summed E-state index contributed by atoms with van der Waals surface area (Å²) < 4.78 is 2.13. The van der Waals surface area contributed by atoms with Crippen molar-refractivity contribution in [2.45, 2.75) is 26.2 Å². The SMILES string of the molecule is Cc1nn(C(=O)CC(c2ccccc2)C(C#N)C#N)c(C)c1Br. The van der Waals surface area contributed by atoms with Crippen molar-refractivity contribution in [2.75, 3.05) is 0 Å². The number of aromatic nitrogens is 2. The Bertz CT molecular complexity index is 784. The van der Waals surface area contributed by atoms with Gasteiger partial charge in [0.05, 0.1) is 28.0 Å². The molecule has 0 radical (unpaired) electrons. The summed E-state index contributed by atoms with van der Waals surface area (Å²) in [6, 6.07) is 13.2. The highest BCUT2D eigenvalue weighted by molar-refractivity contribution is 9.10. The summed E-state index contributed by atoms with van der Waals surface area (Å²) in [4.78, 5) is 12.6. The third kappa shape index (κ3) is 3.49. The lowest BCUT2D eigenvalue weighted by Crippen LogP contribution is -2.21. The van der Waals surface area contributed by atoms with Crippen molar-refractivity contribution in [2.24, 2.45) is 5.92 Å². The molecule has 2 aromatic rings. The molecule has 0 spiro atoms. The number of carbonyl (C=O) groups is 1. The van der Waals surface area contributed by atoms with Gasteiger partial charge < -0.3 is 0 Å². The van der Waals surface area contributed by atoms with Crippen molar-refractivity contribution in [3.05, 3.63) is 51.8 Å². The maximum atomic E-state index is 12.6. The van der Waals surface area contributed by atoms with E-state index in [2.05, 4.69) is 21.0 Å². The van der Waals surface area contributed by atoms with Gasteiger partial charge in [-0.2, -0.15) is 15.6 Å². The molecular weight excluding hydrogens is 356 g/mol. The van der Waals surface area contributed by atoms with Crippen LogP contribution in [0.3, 0.4) is 0 Å². The van der Waals surface area contributed by atoms with Gasteiger partial charge >= 0.3 is 0 Å². The number of nitrogens with zero attached hydrogens (tertiary/aromatic N) is 4. The van der Waals surface area contributed by atoms with E-state index in [1.807, 2.05) is 49.4 Å². The molecule has 0 aliphatic heterocycles. The zero-order valence-electron chi connectivity index (χ0n) is 12.8. The molecule has 0 amide bonds. The quantitative estimate of drug-likeness (QED) is 0.820. The van der Waals surface area contributed by atoms with Gasteiger partial charge in [-0.15, -0.1) is 0 Å². The van der Waals surface area contributed by atoms with Gasteiger partial charge in [0.25, 0.3) is 0 Å². The minimum absolute atomic E-state index is 0.0458. The number of hydrogen-bond acceptors (Lipinski definition) is 4. The molecule has 0 fully saturated rings. The summed E-state index contributed by atoms with van der Waals surface area (Å²) in [6.07, 6.45) is 0.0458. The van der Waals surface area contributed by atoms with E-state index in [1.165, 1.54) is 4.68 Å². The summed E-state index contributed by atoms with van der Waals surface area (Å²) in [5.41, 5.74) is 2.24. The third-order valence-corrected chi connectivity index (χ3v) is 4.89. The lowest BCUT2D eigenvalue weighted by atomic mass is 9.85. The summed E-state index contributed by atoms with van der Waals surface area (Å²) in [7, 11) is 0. The zero-order valence-corrected chi connectivity index (χ0v) is 14.4. The number of carbonyl (C=O) groups excluding carboxylic acids is 1. The van der Waals surface area contributed by atoms with Gasteiger partial charge in [0, 0.05) is 12.3 Å². The molecule has 2 rings (SSSR count). The Labute approximate surface area is 143 Å². The highest BCUT2D eigenvalue weighted by Gasteiger charge is 2.27. The van der Waals surface area contributed by atoms with Crippen LogP contribution >= 0.6 is 15.9 Å². The molecule has 1 unspecified atom stereocenters. The van der Waals surface area contributed by atoms with Crippen molar-refractivity contribution in [3.63, 3.8) is 0 Å². The van der Waals surface area contributed by atoms with Crippen LogP contribution in [0.25, 0.3) is 0 Å². The Morgan fingerprint density at radius 2 is 1.87 bits per heavy atom. The fourth-order valence-corrected chi connectivity index (χ4v) is 2.73. The fraction of sp³-hybridized carbons (Fsp3) is 0.294. The lowest BCUT2D eigenvalue weighted by Gasteiger charge is -2.17. The van der Waals surface area contributed by atoms with E-state index >= 15 is 0 Å². The van der Waals surface area contributed by atoms with Gasteiger partial charge in [-0.25, -0.2) is 4.68 Å². The summed E-state index contributed by atoms with van der Waals surface area (Å²) in [5, 5.41) is 22.7. The Hall–Kier alpha value is -2.44. The molecule has 0 aliphatic carbocycles. The molecule has 1 atom stereocenters. The Morgan fingerprint density at radius 3 is 2.35 bits per heavy atom. The normalized spacial score (nSPS) is 11.7. The average Bonchev–Trinajstić information content (AvgIpc) is 2.83. The van der Waals surface area contributed by atoms with Crippen LogP contribution in [0.5, 0.6) is 0 Å². The molecule has 0 N–H and O–H groups in total. The molecule has 0 saturated carbocycles. The maximum absolute atomic E-state index is 12.6. The largest absolute Gasteiger partial charge is 0.273 e. The number of hydrogen-bond donors (Lipinski definition) is 0. The first-order chi connectivity index (χ1) is 11.0. The molecule has 116 valence electrons. The third-order valence-electron chi connectivity index (χ3n) is 3.74. The van der Waals surface area contributed by atoms with Crippen LogP contribution in [0, 0.1) is 42.4 Å². The first-order valence-electron chi connectivity index (χ1n) is 7.08. The maximum Gasteiger partial charge on any atom is 0.247 e. The molecule has 23 heavy (non-hydrogen) atoms. The van der Waals surface area contributed by atoms with Crippen LogP contribution in [0.15, 0.2) is 34.8 Å². The second-order valence-electron chi connectivity index (χ2n) is 5.25. The van der Waals surface area contributed by atoms with Crippen LogP contribution in [-0.4, -0.2) is 15.7 Å². The number of halogens is 1. The van der Waals surface area contributed by atoms with Gasteiger partial charge in [-0.05, 0) is 35.3 Å². The first-order valence-corrected chi connectivity index (χ1v) is 7.88. The Balaban J connectivity index is 2.35. The topological polar surface area (TPSA) is 82.5 Å². The molecule has 1 aromatic carbocycles. The van der Waals surface area contributed by atoms with Crippen LogP contribution in [0.1, 0.15) is 34.1 Å². The zero-order chi connectivity index (χ0) is 17.0. The minimum atomic E-state index is -0.887. The summed E-state index contributed by atoms with van der Waals surface area (Å²) >= 11 is 3.40. The highest BCUT2D eigenvalue weighted by Crippen LogP contribution is 2.29. The van der Waals surface area contributed by atoms with E-state index < -0.39 is 11.8 Å². The van der Waals surface area contributed by atoms with Crippen LogP contribution < -0.4 is 0 Å². The summed E-state index contributed by atoms with van der Waals surface area (Å²) in [6.45, 7) is 3.61. The molecule has 0 bridgehead atoms. The minimum Gasteiger partial charge on any atom is -0.273 e. The Morgan fingerprint density at radius 1 is 1.26 bits per heavy atom. The monoisotopic (exact) mass is 370 g/mol. The van der Waals surface area contributed by atoms with Crippen molar-refractivity contribution in [1.29, 1.82) is 10.5 Å². The molecule has 0 aliphatic rings. The van der Waals surface area contributed by atoms with E-state index in [4.69, 9.17) is 0 Å². The highest BCUT2D eigenvalue weighted by atomic mass is 79.9. The average molecular weight is 371 g/mol. The fourth-order valence-electron chi connectivity index (χ4n) is 2.48. The van der Waals surface area contributed by atoms with Gasteiger partial charge in [-0.3, -0.25) is 4.79 Å². The van der Waals surface area contributed by atoms with Gasteiger partial charge in [0.2, 0.25) is 5.91 Å². The standard InChI is InChI=1S/C17H15BrN4O/c1-11-17(18)12(2)22(21-11)16(23)8-15(14(9-19)10-20)13-6-4-3-5-7-13/h3-7,14-15H,8H2,1-2H3. The van der Waals surface area contributed by atoms with Crippen LogP contribution in [0.4, 0.5) is 0 Å². The van der Waals surface area contributed by atoms with E-state index in [0.29, 0.717) is 5.69 Å². The smallest absolute Gasteiger partial charge is 0.247 e. The predicted octanol–water partition coefficient (Wildman–Crippen LogP) is 3.74. The van der Waals surface area contributed by atoms with Crippen LogP contribution in [-0.2, 0) is 0 Å². The van der Waals surface area contributed by atoms with Crippen molar-refractivity contribution >= 4 is 21.8 Å². The van der Waals surface area contributed by atoms with Gasteiger partial charge in [0.15, 0.2) is 0 Å². The molecule has 1 aromatic heterocycles. The van der Waals surface area contributed by atoms with E-state index in [9.17, 15) is 15.3 Å². The van der Waals surface area contributed by atoms with Crippen molar-refractivity contribution in [3.8, 4) is 12.1 Å². The lowest BCUT2D eigenvalue weighted by molar-refractivity contribution is 0.0871. The number of aryl methyl sites for hydroxylation is 1. The second-order valence-corrected chi connectivity index (χ2v) is 6.04. The predicted molar refractivity (Wildman–Crippen MR) is 88.5 cm³/mol. The Kier molecular flexibility index (Phi) is 5.31. The van der Waals surface area contributed by atoms with E-state index in [1.54, 1.807) is 6.92 Å². The molecule has 1 heterocycles. The van der Waals surface area contributed by atoms with Crippen molar-refractivity contribution < 1.29 is 4.79 Å². The molecule has 5 nitrogen and oxygen atoms in total. The van der Waals surface area contributed by atoms with Crippen molar-refractivity contribution in [1.82, 2.24) is 9.78 Å². The first kappa shape index (κ1) is 16.9.